The first-order valence-electron chi connectivity index (χ1n) is 3.82. The first-order chi connectivity index (χ1) is 4.38. The van der Waals surface area contributed by atoms with E-state index in [1.165, 1.54) is 25.8 Å². The van der Waals surface area contributed by atoms with Gasteiger partial charge in [0, 0.05) is 12.7 Å². The molecule has 1 rings (SSSR count). The Labute approximate surface area is 57.0 Å². The molecule has 0 spiro atoms. The summed E-state index contributed by atoms with van der Waals surface area (Å²) in [5.41, 5.74) is 5.53. The van der Waals surface area contributed by atoms with Crippen molar-refractivity contribution in [3.8, 4) is 0 Å². The minimum atomic E-state index is 0.749. The fraction of sp³-hybridized carbons (Fsp3) is 1.00. The number of hydrogen-bond donors (Lipinski definition) is 1. The van der Waals surface area contributed by atoms with Gasteiger partial charge < -0.3 is 5.73 Å². The van der Waals surface area contributed by atoms with Gasteiger partial charge in [0.1, 0.15) is 0 Å². The van der Waals surface area contributed by atoms with Crippen LogP contribution in [0.4, 0.5) is 0 Å². The molecule has 9 heavy (non-hydrogen) atoms. The summed E-state index contributed by atoms with van der Waals surface area (Å²) in [6, 6.07) is 0.787. The molecule has 0 aliphatic carbocycles. The van der Waals surface area contributed by atoms with E-state index in [-0.39, 0.29) is 0 Å². The van der Waals surface area contributed by atoms with Crippen LogP contribution in [0.15, 0.2) is 0 Å². The highest BCUT2D eigenvalue weighted by atomic mass is 15.2. The van der Waals surface area contributed by atoms with Crippen LogP contribution in [0.3, 0.4) is 0 Å². The molecule has 1 fully saturated rings. The smallest absolute Gasteiger partial charge is 0.0457 e. The van der Waals surface area contributed by atoms with Gasteiger partial charge in [-0.3, -0.25) is 4.90 Å². The molecule has 1 aliphatic heterocycles. The Hall–Kier alpha value is -0.0800. The van der Waals surface area contributed by atoms with Gasteiger partial charge in [-0.25, -0.2) is 0 Å². The summed E-state index contributed by atoms with van der Waals surface area (Å²) in [5.74, 6) is 0. The summed E-state index contributed by atoms with van der Waals surface area (Å²) in [6.07, 6.45) is 3.96. The van der Waals surface area contributed by atoms with Crippen LogP contribution in [0.25, 0.3) is 0 Å². The number of rotatable bonds is 2. The minimum absolute atomic E-state index is 0.749. The Bertz CT molecular complexity index is 73.0. The lowest BCUT2D eigenvalue weighted by molar-refractivity contribution is 0.255. The molecule has 0 amide bonds. The zero-order valence-corrected chi connectivity index (χ0v) is 6.14. The maximum Gasteiger partial charge on any atom is 0.0457 e. The minimum Gasteiger partial charge on any atom is -0.318 e. The van der Waals surface area contributed by atoms with Crippen molar-refractivity contribution in [2.45, 2.75) is 32.2 Å². The lowest BCUT2D eigenvalue weighted by Crippen LogP contribution is -2.33. The average molecular weight is 128 g/mol. The van der Waals surface area contributed by atoms with Crippen molar-refractivity contribution in [1.29, 1.82) is 0 Å². The molecule has 0 radical (unpaired) electrons. The molecule has 2 N–H and O–H groups in total. The Balaban J connectivity index is 2.32. The second-order valence-corrected chi connectivity index (χ2v) is 2.70. The van der Waals surface area contributed by atoms with Crippen molar-refractivity contribution >= 4 is 0 Å². The number of nitrogens with zero attached hydrogens (tertiary/aromatic N) is 1. The lowest BCUT2D eigenvalue weighted by atomic mass is 10.2. The van der Waals surface area contributed by atoms with Gasteiger partial charge in [-0.15, -0.1) is 0 Å². The normalized spacial score (nSPS) is 29.3. The molecule has 0 aromatic heterocycles. The van der Waals surface area contributed by atoms with Crippen LogP contribution in [0, 0.1) is 0 Å². The number of nitrogens with two attached hydrogens (primary N) is 1. The maximum atomic E-state index is 5.53. The summed E-state index contributed by atoms with van der Waals surface area (Å²) in [7, 11) is 0. The molecule has 1 saturated heterocycles. The van der Waals surface area contributed by atoms with E-state index in [1.54, 1.807) is 0 Å². The van der Waals surface area contributed by atoms with Gasteiger partial charge in [0.15, 0.2) is 0 Å². The topological polar surface area (TPSA) is 29.3 Å². The van der Waals surface area contributed by atoms with E-state index in [0.717, 1.165) is 12.7 Å². The van der Waals surface area contributed by atoms with Crippen molar-refractivity contribution in [1.82, 2.24) is 4.90 Å². The molecular formula is C7H16N2. The first kappa shape index (κ1) is 7.03. The van der Waals surface area contributed by atoms with E-state index in [1.807, 2.05) is 0 Å². The predicted molar refractivity (Wildman–Crippen MR) is 39.1 cm³/mol. The van der Waals surface area contributed by atoms with Crippen LogP contribution in [0.2, 0.25) is 0 Å². The summed E-state index contributed by atoms with van der Waals surface area (Å²) >= 11 is 0. The number of likely N-dealkylation sites (tertiary alicyclic amines) is 1. The second-order valence-electron chi connectivity index (χ2n) is 2.70. The van der Waals surface area contributed by atoms with Gasteiger partial charge in [0.2, 0.25) is 0 Å². The van der Waals surface area contributed by atoms with Gasteiger partial charge in [0.25, 0.3) is 0 Å². The van der Waals surface area contributed by atoms with Crippen molar-refractivity contribution in [2.24, 2.45) is 5.73 Å². The van der Waals surface area contributed by atoms with E-state index in [2.05, 4.69) is 11.8 Å². The molecule has 0 aromatic rings. The monoisotopic (exact) mass is 128 g/mol. The van der Waals surface area contributed by atoms with Crippen molar-refractivity contribution in [3.05, 3.63) is 0 Å². The molecule has 2 nitrogen and oxygen atoms in total. The van der Waals surface area contributed by atoms with Crippen LogP contribution < -0.4 is 5.73 Å². The summed E-state index contributed by atoms with van der Waals surface area (Å²) in [6.45, 7) is 4.20. The zero-order chi connectivity index (χ0) is 6.69. The van der Waals surface area contributed by atoms with E-state index < -0.39 is 0 Å². The quantitative estimate of drug-likeness (QED) is 0.595. The van der Waals surface area contributed by atoms with Crippen molar-refractivity contribution in [2.75, 3.05) is 13.2 Å². The van der Waals surface area contributed by atoms with Gasteiger partial charge >= 0.3 is 0 Å². The van der Waals surface area contributed by atoms with E-state index in [0.29, 0.717) is 0 Å². The highest BCUT2D eigenvalue weighted by Crippen LogP contribution is 2.17. The van der Waals surface area contributed by atoms with Crippen LogP contribution >= 0.6 is 0 Å². The fourth-order valence-electron chi connectivity index (χ4n) is 1.60. The maximum absolute atomic E-state index is 5.53. The SMILES string of the molecule is CCC1CCCN1CN. The molecule has 1 atom stereocenters. The van der Waals surface area contributed by atoms with Crippen molar-refractivity contribution in [3.63, 3.8) is 0 Å². The standard InChI is InChI=1S/C7H16N2/c1-2-7-4-3-5-9(7)6-8/h7H,2-6,8H2,1H3. The molecular weight excluding hydrogens is 112 g/mol. The average Bonchev–Trinajstić information content (AvgIpc) is 2.33. The molecule has 0 bridgehead atoms. The third-order valence-electron chi connectivity index (χ3n) is 2.20. The van der Waals surface area contributed by atoms with Crippen LogP contribution in [-0.2, 0) is 0 Å². The van der Waals surface area contributed by atoms with Gasteiger partial charge in [-0.05, 0) is 25.8 Å². The molecule has 1 unspecified atom stereocenters. The summed E-state index contributed by atoms with van der Waals surface area (Å²) in [4.78, 5) is 2.36. The molecule has 0 aromatic carbocycles. The Kier molecular flexibility index (Phi) is 2.49. The molecule has 54 valence electrons. The zero-order valence-electron chi connectivity index (χ0n) is 6.14. The van der Waals surface area contributed by atoms with E-state index in [4.69, 9.17) is 5.73 Å². The lowest BCUT2D eigenvalue weighted by Gasteiger charge is -2.20. The molecule has 1 heterocycles. The Morgan fingerprint density at radius 3 is 2.89 bits per heavy atom. The second kappa shape index (κ2) is 3.18. The van der Waals surface area contributed by atoms with Crippen LogP contribution in [0.1, 0.15) is 26.2 Å². The molecule has 1 aliphatic rings. The Morgan fingerprint density at radius 1 is 1.67 bits per heavy atom. The largest absolute Gasteiger partial charge is 0.318 e. The fourth-order valence-corrected chi connectivity index (χ4v) is 1.60. The van der Waals surface area contributed by atoms with Crippen LogP contribution in [0.5, 0.6) is 0 Å². The first-order valence-corrected chi connectivity index (χ1v) is 3.82. The predicted octanol–water partition coefficient (Wildman–Crippen LogP) is 0.777. The van der Waals surface area contributed by atoms with Gasteiger partial charge in [0.05, 0.1) is 0 Å². The van der Waals surface area contributed by atoms with Crippen molar-refractivity contribution < 1.29 is 0 Å². The summed E-state index contributed by atoms with van der Waals surface area (Å²) < 4.78 is 0. The molecule has 0 saturated carbocycles. The highest BCUT2D eigenvalue weighted by Gasteiger charge is 2.20. The summed E-state index contributed by atoms with van der Waals surface area (Å²) in [5, 5.41) is 0. The van der Waals surface area contributed by atoms with E-state index >= 15 is 0 Å². The third kappa shape index (κ3) is 1.43. The van der Waals surface area contributed by atoms with E-state index in [9.17, 15) is 0 Å². The van der Waals surface area contributed by atoms with Gasteiger partial charge in [-0.1, -0.05) is 6.92 Å². The van der Waals surface area contributed by atoms with Crippen LogP contribution in [-0.4, -0.2) is 24.2 Å². The Morgan fingerprint density at radius 2 is 2.44 bits per heavy atom. The van der Waals surface area contributed by atoms with Gasteiger partial charge in [-0.2, -0.15) is 0 Å². The third-order valence-corrected chi connectivity index (χ3v) is 2.20. The number of hydrogen-bond acceptors (Lipinski definition) is 2. The molecule has 2 heteroatoms. The highest BCUT2D eigenvalue weighted by molar-refractivity contribution is 4.75.